The molecule has 1 aromatic carbocycles. The number of aryl methyl sites for hydroxylation is 1. The maximum Gasteiger partial charge on any atom is 0.240 e. The molecule has 0 radical (unpaired) electrons. The monoisotopic (exact) mass is 319 g/mol. The first-order chi connectivity index (χ1) is 10.6. The van der Waals surface area contributed by atoms with Crippen molar-refractivity contribution < 1.29 is 9.18 Å². The maximum absolute atomic E-state index is 13.4. The van der Waals surface area contributed by atoms with Gasteiger partial charge < -0.3 is 5.32 Å². The lowest BCUT2D eigenvalue weighted by Crippen LogP contribution is -2.32. The average molecular weight is 319 g/mol. The molecule has 1 saturated heterocycles. The van der Waals surface area contributed by atoms with Crippen molar-refractivity contribution in [2.24, 2.45) is 0 Å². The molecule has 6 heteroatoms. The summed E-state index contributed by atoms with van der Waals surface area (Å²) in [5.74, 6) is -0.301. The number of aromatic nitrogens is 1. The molecule has 2 aromatic rings. The van der Waals surface area contributed by atoms with Crippen LogP contribution in [0.1, 0.15) is 30.1 Å². The minimum atomic E-state index is -0.230. The zero-order valence-corrected chi connectivity index (χ0v) is 13.2. The highest BCUT2D eigenvalue weighted by Gasteiger charge is 2.27. The molecule has 3 rings (SSSR count). The van der Waals surface area contributed by atoms with Gasteiger partial charge in [-0.15, -0.1) is 11.3 Å². The zero-order valence-electron chi connectivity index (χ0n) is 12.4. The molecule has 0 unspecified atom stereocenters. The molecule has 1 amide bonds. The number of hydrogen-bond donors (Lipinski definition) is 1. The molecule has 1 aliphatic heterocycles. The van der Waals surface area contributed by atoms with Gasteiger partial charge in [0.15, 0.2) is 5.13 Å². The Hall–Kier alpha value is -1.79. The van der Waals surface area contributed by atoms with Gasteiger partial charge in [0.05, 0.1) is 12.2 Å². The molecule has 116 valence electrons. The van der Waals surface area contributed by atoms with E-state index < -0.39 is 0 Å². The van der Waals surface area contributed by atoms with Gasteiger partial charge in [-0.3, -0.25) is 9.69 Å². The smallest absolute Gasteiger partial charge is 0.240 e. The number of anilines is 1. The molecule has 1 N–H and O–H groups in total. The van der Waals surface area contributed by atoms with Gasteiger partial charge in [-0.2, -0.15) is 0 Å². The Bertz CT molecular complexity index is 673. The number of nitrogens with zero attached hydrogens (tertiary/aromatic N) is 2. The fraction of sp³-hybridized carbons (Fsp3) is 0.375. The Kier molecular flexibility index (Phi) is 4.49. The van der Waals surface area contributed by atoms with E-state index in [0.29, 0.717) is 11.7 Å². The lowest BCUT2D eigenvalue weighted by Gasteiger charge is -2.24. The molecule has 0 aliphatic carbocycles. The SMILES string of the molecule is Cc1csc(NC(=O)CN2CCC[C@@H]2c2cccc(F)c2)n1. The molecule has 0 spiro atoms. The van der Waals surface area contributed by atoms with Crippen LogP contribution in [0.15, 0.2) is 29.6 Å². The summed E-state index contributed by atoms with van der Waals surface area (Å²) in [6.07, 6.45) is 1.97. The first-order valence-corrected chi connectivity index (χ1v) is 8.21. The van der Waals surface area contributed by atoms with Crippen LogP contribution in [-0.4, -0.2) is 28.9 Å². The van der Waals surface area contributed by atoms with Crippen molar-refractivity contribution in [3.05, 3.63) is 46.7 Å². The van der Waals surface area contributed by atoms with Crippen molar-refractivity contribution in [1.82, 2.24) is 9.88 Å². The minimum Gasteiger partial charge on any atom is -0.301 e. The Labute approximate surface area is 133 Å². The van der Waals surface area contributed by atoms with Gasteiger partial charge in [-0.05, 0) is 44.0 Å². The van der Waals surface area contributed by atoms with Crippen molar-refractivity contribution >= 4 is 22.4 Å². The lowest BCUT2D eigenvalue weighted by atomic mass is 10.0. The first-order valence-electron chi connectivity index (χ1n) is 7.33. The number of benzene rings is 1. The summed E-state index contributed by atoms with van der Waals surface area (Å²) in [6.45, 7) is 3.05. The molecule has 1 atom stereocenters. The van der Waals surface area contributed by atoms with Crippen molar-refractivity contribution in [3.8, 4) is 0 Å². The van der Waals surface area contributed by atoms with Crippen LogP contribution >= 0.6 is 11.3 Å². The summed E-state index contributed by atoms with van der Waals surface area (Å²) < 4.78 is 13.4. The van der Waals surface area contributed by atoms with Gasteiger partial charge in [-0.25, -0.2) is 9.37 Å². The summed E-state index contributed by atoms with van der Waals surface area (Å²) in [7, 11) is 0. The number of carbonyl (C=O) groups is 1. The summed E-state index contributed by atoms with van der Waals surface area (Å²) in [6, 6.07) is 6.76. The molecule has 2 heterocycles. The van der Waals surface area contributed by atoms with E-state index in [2.05, 4.69) is 15.2 Å². The van der Waals surface area contributed by atoms with Gasteiger partial charge >= 0.3 is 0 Å². The van der Waals surface area contributed by atoms with Gasteiger partial charge in [0.25, 0.3) is 0 Å². The average Bonchev–Trinajstić information content (AvgIpc) is 3.08. The van der Waals surface area contributed by atoms with E-state index in [4.69, 9.17) is 0 Å². The molecular formula is C16H18FN3OS. The number of halogens is 1. The largest absolute Gasteiger partial charge is 0.301 e. The standard InChI is InChI=1S/C16H18FN3OS/c1-11-10-22-16(18-11)19-15(21)9-20-7-3-6-14(20)12-4-2-5-13(17)8-12/h2,4-5,8,10,14H,3,6-7,9H2,1H3,(H,18,19,21)/t14-/m1/s1. The lowest BCUT2D eigenvalue weighted by molar-refractivity contribution is -0.117. The first kappa shape index (κ1) is 15.1. The normalized spacial score (nSPS) is 18.5. The number of hydrogen-bond acceptors (Lipinski definition) is 4. The van der Waals surface area contributed by atoms with Gasteiger partial charge in [-0.1, -0.05) is 12.1 Å². The van der Waals surface area contributed by atoms with Gasteiger partial charge in [0.2, 0.25) is 5.91 Å². The van der Waals surface area contributed by atoms with Crippen LogP contribution in [-0.2, 0) is 4.79 Å². The predicted octanol–water partition coefficient (Wildman–Crippen LogP) is 3.37. The van der Waals surface area contributed by atoms with Gasteiger partial charge in [0, 0.05) is 11.4 Å². The second-order valence-electron chi connectivity index (χ2n) is 5.53. The van der Waals surface area contributed by atoms with Crippen LogP contribution in [0.5, 0.6) is 0 Å². The van der Waals surface area contributed by atoms with Crippen LogP contribution in [0.3, 0.4) is 0 Å². The topological polar surface area (TPSA) is 45.2 Å². The fourth-order valence-electron chi connectivity index (χ4n) is 2.86. The van der Waals surface area contributed by atoms with E-state index >= 15 is 0 Å². The summed E-state index contributed by atoms with van der Waals surface area (Å²) in [4.78, 5) is 18.5. The summed E-state index contributed by atoms with van der Waals surface area (Å²) in [5, 5.41) is 5.36. The Morgan fingerprint density at radius 2 is 2.41 bits per heavy atom. The second-order valence-corrected chi connectivity index (χ2v) is 6.38. The molecular weight excluding hydrogens is 301 g/mol. The number of likely N-dealkylation sites (tertiary alicyclic amines) is 1. The quantitative estimate of drug-likeness (QED) is 0.940. The van der Waals surface area contributed by atoms with E-state index in [0.717, 1.165) is 30.6 Å². The second kappa shape index (κ2) is 6.54. The van der Waals surface area contributed by atoms with E-state index in [9.17, 15) is 9.18 Å². The van der Waals surface area contributed by atoms with Crippen LogP contribution in [0.4, 0.5) is 9.52 Å². The molecule has 0 saturated carbocycles. The molecule has 1 aliphatic rings. The highest BCUT2D eigenvalue weighted by Crippen LogP contribution is 2.31. The highest BCUT2D eigenvalue weighted by atomic mass is 32.1. The van der Waals surface area contributed by atoms with Crippen molar-refractivity contribution in [2.75, 3.05) is 18.4 Å². The molecule has 0 bridgehead atoms. The van der Waals surface area contributed by atoms with Gasteiger partial charge in [0.1, 0.15) is 5.82 Å². The third-order valence-corrected chi connectivity index (χ3v) is 4.68. The van der Waals surface area contributed by atoms with Crippen molar-refractivity contribution in [1.29, 1.82) is 0 Å². The molecule has 1 aromatic heterocycles. The molecule has 22 heavy (non-hydrogen) atoms. The fourth-order valence-corrected chi connectivity index (χ4v) is 3.57. The number of rotatable bonds is 4. The van der Waals surface area contributed by atoms with Crippen molar-refractivity contribution in [3.63, 3.8) is 0 Å². The zero-order chi connectivity index (χ0) is 15.5. The number of thiazole rings is 1. The van der Waals surface area contributed by atoms with Crippen molar-refractivity contribution in [2.45, 2.75) is 25.8 Å². The third kappa shape index (κ3) is 3.51. The van der Waals surface area contributed by atoms with Crippen LogP contribution in [0.2, 0.25) is 0 Å². The van der Waals surface area contributed by atoms with E-state index in [1.54, 1.807) is 12.1 Å². The summed E-state index contributed by atoms with van der Waals surface area (Å²) in [5.41, 5.74) is 1.84. The number of nitrogens with one attached hydrogen (secondary N) is 1. The molecule has 1 fully saturated rings. The number of amides is 1. The Balaban J connectivity index is 1.64. The maximum atomic E-state index is 13.4. The van der Waals surface area contributed by atoms with Crippen LogP contribution in [0, 0.1) is 12.7 Å². The van der Waals surface area contributed by atoms with E-state index in [-0.39, 0.29) is 17.8 Å². The number of carbonyl (C=O) groups excluding carboxylic acids is 1. The Morgan fingerprint density at radius 3 is 3.14 bits per heavy atom. The third-order valence-electron chi connectivity index (χ3n) is 3.81. The highest BCUT2D eigenvalue weighted by molar-refractivity contribution is 7.13. The summed E-state index contributed by atoms with van der Waals surface area (Å²) >= 11 is 1.42. The minimum absolute atomic E-state index is 0.0716. The van der Waals surface area contributed by atoms with E-state index in [1.165, 1.54) is 17.4 Å². The van der Waals surface area contributed by atoms with Crippen LogP contribution < -0.4 is 5.32 Å². The molecule has 4 nitrogen and oxygen atoms in total. The predicted molar refractivity (Wildman–Crippen MR) is 85.4 cm³/mol. The Morgan fingerprint density at radius 1 is 1.55 bits per heavy atom. The van der Waals surface area contributed by atoms with E-state index in [1.807, 2.05) is 18.4 Å². The van der Waals surface area contributed by atoms with Crippen LogP contribution in [0.25, 0.3) is 0 Å².